The SMILES string of the molecule is CC(Oc1ccc(Cl)cc1[N+](=O)[O-])C(=O)N(C)C1CCNCC1. The topological polar surface area (TPSA) is 84.7 Å². The van der Waals surface area contributed by atoms with Gasteiger partial charge >= 0.3 is 5.69 Å². The lowest BCUT2D eigenvalue weighted by atomic mass is 10.0. The molecule has 23 heavy (non-hydrogen) atoms. The van der Waals surface area contributed by atoms with Gasteiger partial charge in [0.1, 0.15) is 0 Å². The van der Waals surface area contributed by atoms with Gasteiger partial charge in [0.2, 0.25) is 0 Å². The first-order chi connectivity index (χ1) is 10.9. The van der Waals surface area contributed by atoms with E-state index in [0.29, 0.717) is 0 Å². The molecule has 1 aromatic rings. The first kappa shape index (κ1) is 17.5. The van der Waals surface area contributed by atoms with Gasteiger partial charge in [-0.25, -0.2) is 0 Å². The van der Waals surface area contributed by atoms with E-state index < -0.39 is 11.0 Å². The summed E-state index contributed by atoms with van der Waals surface area (Å²) in [6, 6.07) is 4.28. The van der Waals surface area contributed by atoms with Crippen LogP contribution in [-0.2, 0) is 4.79 Å². The Morgan fingerprint density at radius 3 is 2.74 bits per heavy atom. The van der Waals surface area contributed by atoms with Crippen LogP contribution >= 0.6 is 11.6 Å². The number of carbonyl (C=O) groups is 1. The number of benzene rings is 1. The zero-order valence-electron chi connectivity index (χ0n) is 13.1. The summed E-state index contributed by atoms with van der Waals surface area (Å²) in [6.45, 7) is 3.35. The van der Waals surface area contributed by atoms with Gasteiger partial charge in [-0.3, -0.25) is 14.9 Å². The summed E-state index contributed by atoms with van der Waals surface area (Å²) < 4.78 is 5.53. The largest absolute Gasteiger partial charge is 0.474 e. The van der Waals surface area contributed by atoms with E-state index in [2.05, 4.69) is 5.32 Å². The highest BCUT2D eigenvalue weighted by atomic mass is 35.5. The van der Waals surface area contributed by atoms with E-state index in [1.165, 1.54) is 18.2 Å². The van der Waals surface area contributed by atoms with E-state index in [9.17, 15) is 14.9 Å². The minimum Gasteiger partial charge on any atom is -0.474 e. The van der Waals surface area contributed by atoms with Gasteiger partial charge in [-0.05, 0) is 45.0 Å². The van der Waals surface area contributed by atoms with Gasteiger partial charge in [-0.15, -0.1) is 0 Å². The molecule has 0 spiro atoms. The van der Waals surface area contributed by atoms with Gasteiger partial charge in [0.25, 0.3) is 5.91 Å². The average Bonchev–Trinajstić information content (AvgIpc) is 2.55. The second kappa shape index (κ2) is 7.61. The van der Waals surface area contributed by atoms with Crippen molar-refractivity contribution >= 4 is 23.2 Å². The lowest BCUT2D eigenvalue weighted by molar-refractivity contribution is -0.386. The Hall–Kier alpha value is -1.86. The Morgan fingerprint density at radius 2 is 2.13 bits per heavy atom. The number of nitro benzene ring substituents is 1. The summed E-state index contributed by atoms with van der Waals surface area (Å²) in [6.07, 6.45) is 0.960. The minimum atomic E-state index is -0.810. The molecule has 1 saturated heterocycles. The van der Waals surface area contributed by atoms with Gasteiger partial charge in [-0.2, -0.15) is 0 Å². The molecular weight excluding hydrogens is 322 g/mol. The molecule has 0 aliphatic carbocycles. The summed E-state index contributed by atoms with van der Waals surface area (Å²) in [5.41, 5.74) is -0.248. The molecule has 0 aromatic heterocycles. The van der Waals surface area contributed by atoms with E-state index in [-0.39, 0.29) is 28.4 Å². The van der Waals surface area contributed by atoms with E-state index in [0.717, 1.165) is 25.9 Å². The number of carbonyl (C=O) groups excluding carboxylic acids is 1. The Morgan fingerprint density at radius 1 is 1.48 bits per heavy atom. The second-order valence-electron chi connectivity index (χ2n) is 5.56. The number of hydrogen-bond acceptors (Lipinski definition) is 5. The molecule has 1 unspecified atom stereocenters. The van der Waals surface area contributed by atoms with E-state index in [1.807, 2.05) is 0 Å². The fourth-order valence-electron chi connectivity index (χ4n) is 2.63. The molecule has 1 aliphatic rings. The number of piperidine rings is 1. The lowest BCUT2D eigenvalue weighted by Gasteiger charge is -2.33. The predicted molar refractivity (Wildman–Crippen MR) is 86.9 cm³/mol. The van der Waals surface area contributed by atoms with Crippen molar-refractivity contribution < 1.29 is 14.5 Å². The zero-order valence-corrected chi connectivity index (χ0v) is 13.9. The number of nitrogens with zero attached hydrogens (tertiary/aromatic N) is 2. The molecule has 1 aromatic carbocycles. The molecule has 0 saturated carbocycles. The van der Waals surface area contributed by atoms with E-state index in [1.54, 1.807) is 18.9 Å². The summed E-state index contributed by atoms with van der Waals surface area (Å²) >= 11 is 5.77. The molecule has 0 bridgehead atoms. The number of ether oxygens (including phenoxy) is 1. The van der Waals surface area contributed by atoms with Crippen LogP contribution in [0.1, 0.15) is 19.8 Å². The number of rotatable bonds is 5. The van der Waals surface area contributed by atoms with Crippen LogP contribution in [0.15, 0.2) is 18.2 Å². The van der Waals surface area contributed by atoms with Gasteiger partial charge < -0.3 is 15.0 Å². The molecule has 1 aliphatic heterocycles. The second-order valence-corrected chi connectivity index (χ2v) is 6.00. The van der Waals surface area contributed by atoms with Crippen molar-refractivity contribution in [3.8, 4) is 5.75 Å². The third-order valence-electron chi connectivity index (χ3n) is 3.97. The van der Waals surface area contributed by atoms with Crippen LogP contribution in [0.25, 0.3) is 0 Å². The van der Waals surface area contributed by atoms with Crippen LogP contribution in [0, 0.1) is 10.1 Å². The number of halogens is 1. The van der Waals surface area contributed by atoms with Crippen LogP contribution in [0.2, 0.25) is 5.02 Å². The Labute approximate surface area is 139 Å². The Balaban J connectivity index is 2.07. The molecule has 1 amide bonds. The van der Waals surface area contributed by atoms with Crippen molar-refractivity contribution in [2.45, 2.75) is 31.9 Å². The third-order valence-corrected chi connectivity index (χ3v) is 4.21. The highest BCUT2D eigenvalue weighted by molar-refractivity contribution is 6.30. The van der Waals surface area contributed by atoms with Crippen molar-refractivity contribution in [3.63, 3.8) is 0 Å². The lowest BCUT2D eigenvalue weighted by Crippen LogP contribution is -2.48. The van der Waals surface area contributed by atoms with E-state index in [4.69, 9.17) is 16.3 Å². The quantitative estimate of drug-likeness (QED) is 0.655. The molecule has 1 fully saturated rings. The summed E-state index contributed by atoms with van der Waals surface area (Å²) in [4.78, 5) is 24.6. The van der Waals surface area contributed by atoms with E-state index >= 15 is 0 Å². The fraction of sp³-hybridized carbons (Fsp3) is 0.533. The van der Waals surface area contributed by atoms with Crippen LogP contribution < -0.4 is 10.1 Å². The van der Waals surface area contributed by atoms with Gasteiger partial charge in [0.05, 0.1) is 4.92 Å². The molecule has 2 rings (SSSR count). The smallest absolute Gasteiger partial charge is 0.312 e. The molecular formula is C15H20ClN3O4. The first-order valence-electron chi connectivity index (χ1n) is 7.48. The van der Waals surface area contributed by atoms with Crippen LogP contribution in [0.4, 0.5) is 5.69 Å². The first-order valence-corrected chi connectivity index (χ1v) is 7.86. The van der Waals surface area contributed by atoms with Crippen molar-refractivity contribution in [1.29, 1.82) is 0 Å². The Kier molecular flexibility index (Phi) is 5.79. The number of nitro groups is 1. The van der Waals surface area contributed by atoms with Crippen LogP contribution in [0.5, 0.6) is 5.75 Å². The normalized spacial score (nSPS) is 16.7. The van der Waals surface area contributed by atoms with Crippen LogP contribution in [0.3, 0.4) is 0 Å². The maximum atomic E-state index is 12.5. The maximum Gasteiger partial charge on any atom is 0.312 e. The fourth-order valence-corrected chi connectivity index (χ4v) is 2.80. The zero-order chi connectivity index (χ0) is 17.0. The number of likely N-dealkylation sites (N-methyl/N-ethyl adjacent to an activating group) is 1. The maximum absolute atomic E-state index is 12.5. The van der Waals surface area contributed by atoms with Gasteiger partial charge in [0.15, 0.2) is 11.9 Å². The predicted octanol–water partition coefficient (Wildman–Crippen LogP) is 2.23. The summed E-state index contributed by atoms with van der Waals surface area (Å²) in [5.74, 6) is -0.153. The number of amides is 1. The van der Waals surface area contributed by atoms with Crippen molar-refractivity contribution in [2.75, 3.05) is 20.1 Å². The van der Waals surface area contributed by atoms with Crippen LogP contribution in [-0.4, -0.2) is 48.0 Å². The molecule has 8 heteroatoms. The Bertz CT molecular complexity index is 590. The molecule has 126 valence electrons. The average molecular weight is 342 g/mol. The van der Waals surface area contributed by atoms with Gasteiger partial charge in [-0.1, -0.05) is 11.6 Å². The molecule has 1 atom stereocenters. The van der Waals surface area contributed by atoms with Crippen molar-refractivity contribution in [3.05, 3.63) is 33.3 Å². The highest BCUT2D eigenvalue weighted by Crippen LogP contribution is 2.31. The van der Waals surface area contributed by atoms with Gasteiger partial charge in [0, 0.05) is 24.2 Å². The molecule has 7 nitrogen and oxygen atoms in total. The number of nitrogens with one attached hydrogen (secondary N) is 1. The summed E-state index contributed by atoms with van der Waals surface area (Å²) in [7, 11) is 1.74. The molecule has 0 radical (unpaired) electrons. The van der Waals surface area contributed by atoms with Crippen molar-refractivity contribution in [1.82, 2.24) is 10.2 Å². The van der Waals surface area contributed by atoms with Crippen molar-refractivity contribution in [2.24, 2.45) is 0 Å². The summed E-state index contributed by atoms with van der Waals surface area (Å²) in [5, 5.41) is 14.6. The molecule has 1 heterocycles. The number of hydrogen-bond donors (Lipinski definition) is 1. The highest BCUT2D eigenvalue weighted by Gasteiger charge is 2.28. The molecule has 1 N–H and O–H groups in total. The minimum absolute atomic E-state index is 0.0407. The third kappa shape index (κ3) is 4.33. The standard InChI is InChI=1S/C15H20ClN3O4/c1-10(15(20)18(2)12-5-7-17-8-6-12)23-14-4-3-11(16)9-13(14)19(21)22/h3-4,9-10,12,17H,5-8H2,1-2H3. The monoisotopic (exact) mass is 341 g/mol.